The molecule has 0 aromatic rings. The van der Waals surface area contributed by atoms with Crippen LogP contribution in [-0.2, 0) is 19.1 Å². The summed E-state index contributed by atoms with van der Waals surface area (Å²) in [5.74, 6) is -2.87. The van der Waals surface area contributed by atoms with Crippen molar-refractivity contribution in [2.24, 2.45) is 5.92 Å². The van der Waals surface area contributed by atoms with Crippen LogP contribution in [0.1, 0.15) is 13.8 Å². The zero-order chi connectivity index (χ0) is 13.3. The summed E-state index contributed by atoms with van der Waals surface area (Å²) in [4.78, 5) is 23.3. The Hall–Kier alpha value is -2.04. The van der Waals surface area contributed by atoms with Gasteiger partial charge in [0.15, 0.2) is 0 Å². The Bertz CT molecular complexity index is 484. The number of allylic oxidation sites excluding steroid dienone is 3. The molecule has 0 amide bonds. The summed E-state index contributed by atoms with van der Waals surface area (Å²) < 4.78 is 9.96. The Balaban J connectivity index is 2.28. The second kappa shape index (κ2) is 4.68. The average Bonchev–Trinajstić information content (AvgIpc) is 2.65. The SMILES string of the molecule is CCOC(=O)C(O)=C1OC2C=C(C)C=CC2C1=O. The molecule has 1 aliphatic carbocycles. The van der Waals surface area contributed by atoms with Crippen LogP contribution in [-0.4, -0.2) is 29.6 Å². The van der Waals surface area contributed by atoms with Crippen molar-refractivity contribution in [1.29, 1.82) is 0 Å². The van der Waals surface area contributed by atoms with Crippen molar-refractivity contribution >= 4 is 11.8 Å². The number of carbonyl (C=O) groups excluding carboxylic acids is 2. The van der Waals surface area contributed by atoms with Gasteiger partial charge in [-0.15, -0.1) is 0 Å². The summed E-state index contributed by atoms with van der Waals surface area (Å²) in [6, 6.07) is 0. The first kappa shape index (κ1) is 12.4. The lowest BCUT2D eigenvalue weighted by Crippen LogP contribution is -2.18. The summed E-state index contributed by atoms with van der Waals surface area (Å²) in [6.07, 6.45) is 4.86. The topological polar surface area (TPSA) is 72.8 Å². The van der Waals surface area contributed by atoms with Crippen LogP contribution in [0.2, 0.25) is 0 Å². The molecule has 2 rings (SSSR count). The maximum Gasteiger partial charge on any atom is 0.377 e. The third-order valence-electron chi connectivity index (χ3n) is 2.81. The van der Waals surface area contributed by atoms with Crippen molar-refractivity contribution in [3.05, 3.63) is 35.3 Å². The van der Waals surface area contributed by atoms with Gasteiger partial charge in [-0.25, -0.2) is 4.79 Å². The lowest BCUT2D eigenvalue weighted by atomic mass is 9.92. The van der Waals surface area contributed by atoms with Crippen LogP contribution in [0.3, 0.4) is 0 Å². The van der Waals surface area contributed by atoms with E-state index in [9.17, 15) is 14.7 Å². The van der Waals surface area contributed by atoms with Crippen LogP contribution in [0.15, 0.2) is 35.3 Å². The van der Waals surface area contributed by atoms with Crippen molar-refractivity contribution in [3.8, 4) is 0 Å². The molecule has 2 atom stereocenters. The van der Waals surface area contributed by atoms with Gasteiger partial charge in [-0.3, -0.25) is 4.79 Å². The summed E-state index contributed by atoms with van der Waals surface area (Å²) in [5.41, 5.74) is 0.973. The van der Waals surface area contributed by atoms with E-state index >= 15 is 0 Å². The molecule has 1 N–H and O–H groups in total. The highest BCUT2D eigenvalue weighted by Crippen LogP contribution is 2.33. The number of rotatable bonds is 2. The molecule has 0 saturated carbocycles. The van der Waals surface area contributed by atoms with Gasteiger partial charge in [0.05, 0.1) is 12.5 Å². The number of hydrogen-bond acceptors (Lipinski definition) is 5. The molecule has 0 spiro atoms. The fraction of sp³-hybridized carbons (Fsp3) is 0.385. The number of esters is 1. The van der Waals surface area contributed by atoms with Crippen molar-refractivity contribution in [1.82, 2.24) is 0 Å². The van der Waals surface area contributed by atoms with Crippen molar-refractivity contribution in [2.75, 3.05) is 6.61 Å². The van der Waals surface area contributed by atoms with Gasteiger partial charge >= 0.3 is 5.97 Å². The lowest BCUT2D eigenvalue weighted by Gasteiger charge is -2.13. The van der Waals surface area contributed by atoms with Crippen LogP contribution >= 0.6 is 0 Å². The van der Waals surface area contributed by atoms with Gasteiger partial charge in [0.25, 0.3) is 0 Å². The van der Waals surface area contributed by atoms with Crippen molar-refractivity contribution in [2.45, 2.75) is 20.0 Å². The number of aliphatic hydroxyl groups is 1. The van der Waals surface area contributed by atoms with E-state index in [1.165, 1.54) is 0 Å². The van der Waals surface area contributed by atoms with Gasteiger partial charge in [0, 0.05) is 0 Å². The molecule has 1 fully saturated rings. The highest BCUT2D eigenvalue weighted by molar-refractivity contribution is 6.04. The molecule has 1 heterocycles. The second-order valence-electron chi connectivity index (χ2n) is 4.14. The van der Waals surface area contributed by atoms with Gasteiger partial charge in [-0.1, -0.05) is 17.7 Å². The summed E-state index contributed by atoms with van der Waals surface area (Å²) in [6.45, 7) is 3.62. The average molecular weight is 250 g/mol. The molecule has 96 valence electrons. The Labute approximate surface area is 104 Å². The van der Waals surface area contributed by atoms with Crippen LogP contribution < -0.4 is 0 Å². The van der Waals surface area contributed by atoms with Gasteiger partial charge < -0.3 is 14.6 Å². The molecule has 18 heavy (non-hydrogen) atoms. The predicted octanol–water partition coefficient (Wildman–Crippen LogP) is 1.42. The number of fused-ring (bicyclic) bond motifs is 1. The highest BCUT2D eigenvalue weighted by Gasteiger charge is 2.42. The second-order valence-corrected chi connectivity index (χ2v) is 4.14. The smallest absolute Gasteiger partial charge is 0.377 e. The molecule has 2 aliphatic rings. The molecule has 0 bridgehead atoms. The molecule has 5 heteroatoms. The Morgan fingerprint density at radius 1 is 1.56 bits per heavy atom. The van der Waals surface area contributed by atoms with Crippen molar-refractivity contribution in [3.63, 3.8) is 0 Å². The van der Waals surface area contributed by atoms with E-state index in [-0.39, 0.29) is 12.4 Å². The minimum atomic E-state index is -0.941. The fourth-order valence-electron chi connectivity index (χ4n) is 1.94. The van der Waals surface area contributed by atoms with E-state index in [0.29, 0.717) is 0 Å². The van der Waals surface area contributed by atoms with Gasteiger partial charge in [-0.2, -0.15) is 0 Å². The Kier molecular flexibility index (Phi) is 3.23. The summed E-state index contributed by atoms with van der Waals surface area (Å²) >= 11 is 0. The number of hydrogen-bond donors (Lipinski definition) is 1. The summed E-state index contributed by atoms with van der Waals surface area (Å²) in [5, 5.41) is 9.65. The quantitative estimate of drug-likeness (QED) is 0.456. The van der Waals surface area contributed by atoms with Crippen LogP contribution in [0.25, 0.3) is 0 Å². The standard InChI is InChI=1S/C13H14O5/c1-3-17-13(16)11(15)12-10(14)8-5-4-7(2)6-9(8)18-12/h4-6,8-9,15H,3H2,1-2H3. The molecule has 5 nitrogen and oxygen atoms in total. The minimum absolute atomic E-state index is 0.121. The van der Waals surface area contributed by atoms with E-state index in [4.69, 9.17) is 4.74 Å². The van der Waals surface area contributed by atoms with E-state index in [1.807, 2.05) is 13.0 Å². The molecule has 1 saturated heterocycles. The van der Waals surface area contributed by atoms with E-state index in [2.05, 4.69) is 4.74 Å². The third kappa shape index (κ3) is 2.03. The summed E-state index contributed by atoms with van der Waals surface area (Å²) in [7, 11) is 0. The zero-order valence-electron chi connectivity index (χ0n) is 10.2. The van der Waals surface area contributed by atoms with E-state index in [0.717, 1.165) is 5.57 Å². The highest BCUT2D eigenvalue weighted by atomic mass is 16.6. The largest absolute Gasteiger partial charge is 0.499 e. The lowest BCUT2D eigenvalue weighted by molar-refractivity contribution is -0.142. The number of Topliss-reactive ketones (excluding diaryl/α,β-unsaturated/α-hetero) is 1. The third-order valence-corrected chi connectivity index (χ3v) is 2.81. The normalized spacial score (nSPS) is 28.3. The number of carbonyl (C=O) groups is 2. The van der Waals surface area contributed by atoms with Gasteiger partial charge in [0.1, 0.15) is 6.10 Å². The number of aliphatic hydroxyl groups excluding tert-OH is 1. The maximum atomic E-state index is 12.0. The van der Waals surface area contributed by atoms with Crippen LogP contribution in [0, 0.1) is 5.92 Å². The van der Waals surface area contributed by atoms with Crippen LogP contribution in [0.4, 0.5) is 0 Å². The minimum Gasteiger partial charge on any atom is -0.499 e. The van der Waals surface area contributed by atoms with Crippen LogP contribution in [0.5, 0.6) is 0 Å². The fourth-order valence-corrected chi connectivity index (χ4v) is 1.94. The van der Waals surface area contributed by atoms with E-state index in [1.54, 1.807) is 19.1 Å². The first-order chi connectivity index (χ1) is 8.54. The van der Waals surface area contributed by atoms with Crippen molar-refractivity contribution < 1.29 is 24.2 Å². The maximum absolute atomic E-state index is 12.0. The predicted molar refractivity (Wildman–Crippen MR) is 62.6 cm³/mol. The molecular weight excluding hydrogens is 236 g/mol. The molecule has 2 unspecified atom stereocenters. The molecule has 0 aromatic carbocycles. The zero-order valence-corrected chi connectivity index (χ0v) is 10.2. The molecular formula is C13H14O5. The Morgan fingerprint density at radius 2 is 2.28 bits per heavy atom. The molecule has 1 aliphatic heterocycles. The van der Waals surface area contributed by atoms with Gasteiger partial charge in [0.2, 0.25) is 17.3 Å². The number of ether oxygens (including phenoxy) is 2. The van der Waals surface area contributed by atoms with Gasteiger partial charge in [-0.05, 0) is 19.9 Å². The van der Waals surface area contributed by atoms with E-state index < -0.39 is 29.5 Å². The first-order valence-corrected chi connectivity index (χ1v) is 5.72. The number of ketones is 1. The first-order valence-electron chi connectivity index (χ1n) is 5.72. The molecule has 0 aromatic heterocycles. The Morgan fingerprint density at radius 3 is 2.94 bits per heavy atom. The molecule has 0 radical (unpaired) electrons. The monoisotopic (exact) mass is 250 g/mol.